The number of nitrogens with one attached hydrogen (secondary N) is 1. The molecule has 1 saturated heterocycles. The molecule has 0 radical (unpaired) electrons. The first-order valence-electron chi connectivity index (χ1n) is 10.9. The maximum atomic E-state index is 12.8. The smallest absolute Gasteiger partial charge is 0.251 e. The SMILES string of the molecule is Cc1nc(COc2ccc(C(=O)NCC3(N4CCOCC4)CCCCC3)cc2)cs1. The molecule has 2 aromatic rings. The van der Waals surface area contributed by atoms with Crippen molar-refractivity contribution in [2.24, 2.45) is 0 Å². The fourth-order valence-corrected chi connectivity index (χ4v) is 5.13. The molecule has 30 heavy (non-hydrogen) atoms. The fourth-order valence-electron chi connectivity index (χ4n) is 4.53. The Morgan fingerprint density at radius 1 is 1.20 bits per heavy atom. The molecule has 0 spiro atoms. The van der Waals surface area contributed by atoms with Crippen LogP contribution >= 0.6 is 11.3 Å². The zero-order valence-electron chi connectivity index (χ0n) is 17.7. The summed E-state index contributed by atoms with van der Waals surface area (Å²) in [7, 11) is 0. The van der Waals surface area contributed by atoms with Crippen LogP contribution in [0.25, 0.3) is 0 Å². The molecule has 1 aliphatic heterocycles. The highest BCUT2D eigenvalue weighted by molar-refractivity contribution is 7.09. The van der Waals surface area contributed by atoms with Crippen LogP contribution in [0.5, 0.6) is 5.75 Å². The van der Waals surface area contributed by atoms with E-state index in [2.05, 4.69) is 15.2 Å². The van der Waals surface area contributed by atoms with E-state index in [1.165, 1.54) is 19.3 Å². The summed E-state index contributed by atoms with van der Waals surface area (Å²) in [5.41, 5.74) is 1.67. The lowest BCUT2D eigenvalue weighted by Gasteiger charge is -2.48. The zero-order valence-corrected chi connectivity index (χ0v) is 18.5. The molecule has 0 bridgehead atoms. The lowest BCUT2D eigenvalue weighted by atomic mass is 9.79. The molecular weight excluding hydrogens is 398 g/mol. The Bertz CT molecular complexity index is 824. The van der Waals surface area contributed by atoms with Crippen LogP contribution in [0.15, 0.2) is 29.6 Å². The molecule has 2 heterocycles. The maximum Gasteiger partial charge on any atom is 0.251 e. The van der Waals surface area contributed by atoms with E-state index in [4.69, 9.17) is 9.47 Å². The van der Waals surface area contributed by atoms with Crippen molar-refractivity contribution in [2.75, 3.05) is 32.8 Å². The van der Waals surface area contributed by atoms with Crippen molar-refractivity contribution in [3.05, 3.63) is 45.9 Å². The number of amides is 1. The van der Waals surface area contributed by atoms with Gasteiger partial charge in [0, 0.05) is 36.1 Å². The quantitative estimate of drug-likeness (QED) is 0.725. The zero-order chi connectivity index (χ0) is 20.8. The number of thiazole rings is 1. The number of carbonyl (C=O) groups excluding carboxylic acids is 1. The van der Waals surface area contributed by atoms with Crippen LogP contribution in [0.3, 0.4) is 0 Å². The van der Waals surface area contributed by atoms with Gasteiger partial charge in [0.15, 0.2) is 0 Å². The summed E-state index contributed by atoms with van der Waals surface area (Å²) < 4.78 is 11.3. The Balaban J connectivity index is 1.33. The summed E-state index contributed by atoms with van der Waals surface area (Å²) >= 11 is 1.62. The van der Waals surface area contributed by atoms with Crippen molar-refractivity contribution in [3.8, 4) is 5.75 Å². The second-order valence-electron chi connectivity index (χ2n) is 8.24. The van der Waals surface area contributed by atoms with Gasteiger partial charge in [-0.2, -0.15) is 0 Å². The maximum absolute atomic E-state index is 12.8. The molecule has 1 amide bonds. The molecule has 1 aliphatic carbocycles. The number of hydrogen-bond donors (Lipinski definition) is 1. The molecule has 162 valence electrons. The lowest BCUT2D eigenvalue weighted by Crippen LogP contribution is -2.59. The van der Waals surface area contributed by atoms with Gasteiger partial charge in [-0.3, -0.25) is 9.69 Å². The van der Waals surface area contributed by atoms with Gasteiger partial charge in [0.05, 0.1) is 23.9 Å². The van der Waals surface area contributed by atoms with E-state index in [9.17, 15) is 4.79 Å². The highest BCUT2D eigenvalue weighted by atomic mass is 32.1. The molecule has 1 saturated carbocycles. The number of rotatable bonds is 7. The van der Waals surface area contributed by atoms with Gasteiger partial charge in [0.2, 0.25) is 0 Å². The van der Waals surface area contributed by atoms with Gasteiger partial charge in [-0.25, -0.2) is 4.98 Å². The Kier molecular flexibility index (Phi) is 7.02. The number of carbonyl (C=O) groups is 1. The molecule has 0 unspecified atom stereocenters. The molecule has 1 aromatic carbocycles. The van der Waals surface area contributed by atoms with Crippen LogP contribution in [0.1, 0.15) is 53.2 Å². The Morgan fingerprint density at radius 2 is 1.93 bits per heavy atom. The molecule has 1 aromatic heterocycles. The summed E-state index contributed by atoms with van der Waals surface area (Å²) in [4.78, 5) is 19.8. The van der Waals surface area contributed by atoms with Crippen molar-refractivity contribution >= 4 is 17.2 Å². The van der Waals surface area contributed by atoms with Crippen LogP contribution in [-0.2, 0) is 11.3 Å². The summed E-state index contributed by atoms with van der Waals surface area (Å²) in [6, 6.07) is 7.37. The van der Waals surface area contributed by atoms with Gasteiger partial charge in [0.1, 0.15) is 12.4 Å². The average molecular weight is 430 g/mol. The number of hydrogen-bond acceptors (Lipinski definition) is 6. The van der Waals surface area contributed by atoms with Crippen LogP contribution in [-0.4, -0.2) is 54.2 Å². The molecule has 2 fully saturated rings. The Labute approximate surface area is 182 Å². The summed E-state index contributed by atoms with van der Waals surface area (Å²) in [5.74, 6) is 0.726. The third-order valence-corrected chi connectivity index (χ3v) is 7.04. The van der Waals surface area contributed by atoms with Crippen molar-refractivity contribution < 1.29 is 14.3 Å². The second kappa shape index (κ2) is 9.90. The van der Waals surface area contributed by atoms with Crippen LogP contribution in [0, 0.1) is 6.92 Å². The van der Waals surface area contributed by atoms with Gasteiger partial charge in [-0.15, -0.1) is 11.3 Å². The second-order valence-corrected chi connectivity index (χ2v) is 9.30. The van der Waals surface area contributed by atoms with Crippen LogP contribution in [0.2, 0.25) is 0 Å². The highest BCUT2D eigenvalue weighted by Gasteiger charge is 2.38. The summed E-state index contributed by atoms with van der Waals surface area (Å²) in [6.07, 6.45) is 6.06. The van der Waals surface area contributed by atoms with Crippen molar-refractivity contribution in [2.45, 2.75) is 51.2 Å². The summed E-state index contributed by atoms with van der Waals surface area (Å²) in [5, 5.41) is 6.26. The van der Waals surface area contributed by atoms with E-state index < -0.39 is 0 Å². The van der Waals surface area contributed by atoms with Gasteiger partial charge >= 0.3 is 0 Å². The number of nitrogens with zero attached hydrogens (tertiary/aromatic N) is 2. The van der Waals surface area contributed by atoms with E-state index in [-0.39, 0.29) is 11.4 Å². The molecular formula is C23H31N3O3S. The van der Waals surface area contributed by atoms with Crippen LogP contribution < -0.4 is 10.1 Å². The molecule has 7 heteroatoms. The summed E-state index contributed by atoms with van der Waals surface area (Å²) in [6.45, 7) is 6.62. The van der Waals surface area contributed by atoms with Gasteiger partial charge in [0.25, 0.3) is 5.91 Å². The molecule has 0 atom stereocenters. The lowest BCUT2D eigenvalue weighted by molar-refractivity contribution is -0.0361. The number of morpholine rings is 1. The monoisotopic (exact) mass is 429 g/mol. The Hall–Kier alpha value is -1.96. The van der Waals surface area contributed by atoms with E-state index in [0.717, 1.165) is 55.6 Å². The van der Waals surface area contributed by atoms with E-state index in [1.807, 2.05) is 36.6 Å². The topological polar surface area (TPSA) is 63.7 Å². The third kappa shape index (κ3) is 5.20. The minimum Gasteiger partial charge on any atom is -0.487 e. The third-order valence-electron chi connectivity index (χ3n) is 6.21. The van der Waals surface area contributed by atoms with E-state index >= 15 is 0 Å². The number of aromatic nitrogens is 1. The van der Waals surface area contributed by atoms with E-state index in [0.29, 0.717) is 18.7 Å². The molecule has 4 rings (SSSR count). The fraction of sp³-hybridized carbons (Fsp3) is 0.565. The predicted octanol–water partition coefficient (Wildman–Crippen LogP) is 3.80. The number of aryl methyl sites for hydroxylation is 1. The standard InChI is InChI=1S/C23H31N3O3S/c1-18-25-20(16-30-18)15-29-21-7-5-19(6-8-21)22(27)24-17-23(9-3-2-4-10-23)26-11-13-28-14-12-26/h5-8,16H,2-4,9-15,17H2,1H3,(H,24,27). The predicted molar refractivity (Wildman–Crippen MR) is 118 cm³/mol. The first kappa shape index (κ1) is 21.3. The molecule has 2 aliphatic rings. The van der Waals surface area contributed by atoms with E-state index in [1.54, 1.807) is 11.3 Å². The largest absolute Gasteiger partial charge is 0.487 e. The van der Waals surface area contributed by atoms with Crippen molar-refractivity contribution in [1.82, 2.24) is 15.2 Å². The van der Waals surface area contributed by atoms with Crippen molar-refractivity contribution in [3.63, 3.8) is 0 Å². The Morgan fingerprint density at radius 3 is 2.60 bits per heavy atom. The minimum atomic E-state index is -0.0186. The van der Waals surface area contributed by atoms with Gasteiger partial charge < -0.3 is 14.8 Å². The number of ether oxygens (including phenoxy) is 2. The normalized spacial score (nSPS) is 19.4. The average Bonchev–Trinajstić information content (AvgIpc) is 3.23. The van der Waals surface area contributed by atoms with Crippen molar-refractivity contribution in [1.29, 1.82) is 0 Å². The number of benzene rings is 1. The first-order valence-corrected chi connectivity index (χ1v) is 11.8. The first-order chi connectivity index (χ1) is 14.6. The van der Waals surface area contributed by atoms with Gasteiger partial charge in [-0.05, 0) is 44.0 Å². The van der Waals surface area contributed by atoms with Crippen LogP contribution in [0.4, 0.5) is 0 Å². The van der Waals surface area contributed by atoms with Gasteiger partial charge in [-0.1, -0.05) is 19.3 Å². The molecule has 6 nitrogen and oxygen atoms in total. The highest BCUT2D eigenvalue weighted by Crippen LogP contribution is 2.34. The minimum absolute atomic E-state index is 0.0186. The molecule has 1 N–H and O–H groups in total.